The van der Waals surface area contributed by atoms with E-state index in [1.807, 2.05) is 55.7 Å². The summed E-state index contributed by atoms with van der Waals surface area (Å²) in [6.07, 6.45) is 4.06. The summed E-state index contributed by atoms with van der Waals surface area (Å²) in [4.78, 5) is 13.6. The molecule has 0 bridgehead atoms. The fourth-order valence-corrected chi connectivity index (χ4v) is 4.25. The summed E-state index contributed by atoms with van der Waals surface area (Å²) in [5.41, 5.74) is 3.14. The van der Waals surface area contributed by atoms with Crippen molar-refractivity contribution in [2.75, 3.05) is 5.32 Å². The smallest absolute Gasteiger partial charge is 0.319 e. The van der Waals surface area contributed by atoms with Crippen LogP contribution in [0.15, 0.2) is 53.3 Å². The second-order valence-corrected chi connectivity index (χ2v) is 8.04. The van der Waals surface area contributed by atoms with Crippen LogP contribution >= 0.6 is 27.3 Å². The molecule has 2 N–H and O–H groups in total. The van der Waals surface area contributed by atoms with Gasteiger partial charge in [-0.1, -0.05) is 15.9 Å². The largest absolute Gasteiger partial charge is 0.331 e. The van der Waals surface area contributed by atoms with Gasteiger partial charge in [-0.3, -0.25) is 0 Å². The Bertz CT molecular complexity index is 869. The lowest BCUT2D eigenvalue weighted by atomic mass is 10.1. The average Bonchev–Trinajstić information content (AvgIpc) is 3.18. The molecule has 1 aromatic carbocycles. The van der Waals surface area contributed by atoms with E-state index in [1.54, 1.807) is 11.3 Å². The molecule has 130 valence electrons. The van der Waals surface area contributed by atoms with Crippen LogP contribution in [0.25, 0.3) is 5.00 Å². The molecule has 0 radical (unpaired) electrons. The van der Waals surface area contributed by atoms with Crippen molar-refractivity contribution in [1.82, 2.24) is 9.88 Å². The van der Waals surface area contributed by atoms with Gasteiger partial charge in [-0.2, -0.15) is 0 Å². The van der Waals surface area contributed by atoms with Gasteiger partial charge in [0.05, 0.1) is 6.04 Å². The molecule has 2 aromatic heterocycles. The van der Waals surface area contributed by atoms with Gasteiger partial charge in [0.1, 0.15) is 5.00 Å². The number of thiophene rings is 1. The van der Waals surface area contributed by atoms with E-state index in [9.17, 15) is 4.79 Å². The van der Waals surface area contributed by atoms with Gasteiger partial charge < -0.3 is 15.2 Å². The van der Waals surface area contributed by atoms with Crippen molar-refractivity contribution < 1.29 is 4.79 Å². The van der Waals surface area contributed by atoms with Crippen LogP contribution < -0.4 is 10.6 Å². The molecule has 0 aliphatic heterocycles. The number of hydrogen-bond acceptors (Lipinski definition) is 2. The molecule has 0 aliphatic carbocycles. The van der Waals surface area contributed by atoms with E-state index in [0.717, 1.165) is 20.7 Å². The molecule has 0 unspecified atom stereocenters. The Kier molecular flexibility index (Phi) is 5.30. The molecule has 4 nitrogen and oxygen atoms in total. The van der Waals surface area contributed by atoms with Gasteiger partial charge in [-0.15, -0.1) is 11.3 Å². The van der Waals surface area contributed by atoms with Crippen LogP contribution in [0.2, 0.25) is 0 Å². The van der Waals surface area contributed by atoms with Crippen molar-refractivity contribution >= 4 is 39.0 Å². The zero-order chi connectivity index (χ0) is 18.0. The predicted molar refractivity (Wildman–Crippen MR) is 108 cm³/mol. The molecule has 6 heteroatoms. The van der Waals surface area contributed by atoms with Crippen LogP contribution in [0.1, 0.15) is 29.0 Å². The lowest BCUT2D eigenvalue weighted by Gasteiger charge is -2.17. The van der Waals surface area contributed by atoms with E-state index < -0.39 is 0 Å². The molecule has 3 aromatic rings. The van der Waals surface area contributed by atoms with E-state index in [2.05, 4.69) is 45.0 Å². The third-order valence-electron chi connectivity index (χ3n) is 4.13. The molecule has 0 spiro atoms. The Morgan fingerprint density at radius 1 is 1.16 bits per heavy atom. The fraction of sp³-hybridized carbons (Fsp3) is 0.211. The van der Waals surface area contributed by atoms with Gasteiger partial charge in [0.25, 0.3) is 0 Å². The maximum absolute atomic E-state index is 12.4. The normalized spacial score (nSPS) is 12.0. The average molecular weight is 418 g/mol. The number of nitrogens with one attached hydrogen (secondary N) is 2. The van der Waals surface area contributed by atoms with Crippen molar-refractivity contribution in [2.45, 2.75) is 26.8 Å². The highest BCUT2D eigenvalue weighted by atomic mass is 79.9. The number of carbonyl (C=O) groups excluding carboxylic acids is 1. The van der Waals surface area contributed by atoms with Crippen molar-refractivity contribution in [1.29, 1.82) is 0 Å². The lowest BCUT2D eigenvalue weighted by Crippen LogP contribution is -2.31. The van der Waals surface area contributed by atoms with E-state index in [1.165, 1.54) is 10.4 Å². The first kappa shape index (κ1) is 17.8. The number of benzene rings is 1. The first-order valence-electron chi connectivity index (χ1n) is 8.02. The van der Waals surface area contributed by atoms with E-state index in [4.69, 9.17) is 0 Å². The summed E-state index contributed by atoms with van der Waals surface area (Å²) in [6.45, 7) is 6.24. The highest BCUT2D eigenvalue weighted by molar-refractivity contribution is 9.10. The number of halogens is 1. The van der Waals surface area contributed by atoms with Crippen LogP contribution in [0.5, 0.6) is 0 Å². The Morgan fingerprint density at radius 3 is 2.44 bits per heavy atom. The minimum absolute atomic E-state index is 0.0993. The zero-order valence-corrected chi connectivity index (χ0v) is 16.7. The summed E-state index contributed by atoms with van der Waals surface area (Å²) in [7, 11) is 0. The Labute approximate surface area is 160 Å². The molecule has 0 aliphatic rings. The molecule has 2 heterocycles. The Balaban J connectivity index is 1.78. The third kappa shape index (κ3) is 3.96. The lowest BCUT2D eigenvalue weighted by molar-refractivity contribution is 0.249. The number of aromatic nitrogens is 1. The van der Waals surface area contributed by atoms with Gasteiger partial charge in [0.15, 0.2) is 0 Å². The van der Waals surface area contributed by atoms with Crippen molar-refractivity contribution in [3.8, 4) is 5.00 Å². The fourth-order valence-electron chi connectivity index (χ4n) is 2.77. The minimum Gasteiger partial charge on any atom is -0.331 e. The number of amides is 2. The monoisotopic (exact) mass is 417 g/mol. The predicted octanol–water partition coefficient (Wildman–Crippen LogP) is 5.80. The third-order valence-corrected chi connectivity index (χ3v) is 5.90. The SMILES string of the molecule is Cc1sc(-n2cccc2)c([C@@H](C)NC(=O)Nc2ccc(Br)cc2)c1C. The molecule has 1 atom stereocenters. The van der Waals surface area contributed by atoms with Crippen molar-refractivity contribution in [2.24, 2.45) is 0 Å². The van der Waals surface area contributed by atoms with Crippen molar-refractivity contribution in [3.05, 3.63) is 69.3 Å². The molecular weight excluding hydrogens is 398 g/mol. The van der Waals surface area contributed by atoms with Crippen LogP contribution in [-0.4, -0.2) is 10.6 Å². The molecule has 0 saturated carbocycles. The quantitative estimate of drug-likeness (QED) is 0.553. The summed E-state index contributed by atoms with van der Waals surface area (Å²) in [6, 6.07) is 11.2. The molecule has 2 amide bonds. The highest BCUT2D eigenvalue weighted by Crippen LogP contribution is 2.35. The first-order valence-corrected chi connectivity index (χ1v) is 9.63. The van der Waals surface area contributed by atoms with Crippen LogP contribution in [-0.2, 0) is 0 Å². The van der Waals surface area contributed by atoms with Gasteiger partial charge in [0.2, 0.25) is 0 Å². The number of hydrogen-bond donors (Lipinski definition) is 2. The number of aryl methyl sites for hydroxylation is 1. The summed E-state index contributed by atoms with van der Waals surface area (Å²) >= 11 is 5.14. The van der Waals surface area contributed by atoms with E-state index in [0.29, 0.717) is 0 Å². The summed E-state index contributed by atoms with van der Waals surface area (Å²) in [5.74, 6) is 0. The highest BCUT2D eigenvalue weighted by Gasteiger charge is 2.20. The summed E-state index contributed by atoms with van der Waals surface area (Å²) < 4.78 is 3.08. The van der Waals surface area contributed by atoms with Crippen LogP contribution in [0.4, 0.5) is 10.5 Å². The van der Waals surface area contributed by atoms with Gasteiger partial charge in [0, 0.05) is 33.0 Å². The zero-order valence-electron chi connectivity index (χ0n) is 14.3. The molecular formula is C19H20BrN3OS. The molecule has 25 heavy (non-hydrogen) atoms. The minimum atomic E-state index is -0.212. The van der Waals surface area contributed by atoms with Crippen molar-refractivity contribution in [3.63, 3.8) is 0 Å². The Morgan fingerprint density at radius 2 is 1.80 bits per heavy atom. The number of carbonyl (C=O) groups is 1. The Hall–Kier alpha value is -2.05. The van der Waals surface area contributed by atoms with Gasteiger partial charge >= 0.3 is 6.03 Å². The van der Waals surface area contributed by atoms with Crippen LogP contribution in [0.3, 0.4) is 0 Å². The van der Waals surface area contributed by atoms with Gasteiger partial charge in [-0.05, 0) is 62.7 Å². The van der Waals surface area contributed by atoms with E-state index >= 15 is 0 Å². The van der Waals surface area contributed by atoms with Gasteiger partial charge in [-0.25, -0.2) is 4.79 Å². The summed E-state index contributed by atoms with van der Waals surface area (Å²) in [5, 5.41) is 7.07. The second kappa shape index (κ2) is 7.45. The van der Waals surface area contributed by atoms with Crippen LogP contribution in [0, 0.1) is 13.8 Å². The maximum Gasteiger partial charge on any atom is 0.319 e. The molecule has 3 rings (SSSR count). The first-order chi connectivity index (χ1) is 12.0. The topological polar surface area (TPSA) is 46.1 Å². The standard InChI is InChI=1S/C19H20BrN3OS/c1-12-14(3)25-18(23-10-4-5-11-23)17(12)13(2)21-19(24)22-16-8-6-15(20)7-9-16/h4-11,13H,1-3H3,(H2,21,22,24)/t13-/m1/s1. The number of nitrogens with zero attached hydrogens (tertiary/aromatic N) is 1. The number of anilines is 1. The number of rotatable bonds is 4. The number of urea groups is 1. The second-order valence-electron chi connectivity index (χ2n) is 5.92. The maximum atomic E-state index is 12.4. The molecule has 0 fully saturated rings. The molecule has 0 saturated heterocycles. The van der Waals surface area contributed by atoms with E-state index in [-0.39, 0.29) is 12.1 Å².